The summed E-state index contributed by atoms with van der Waals surface area (Å²) < 4.78 is 5.63. The van der Waals surface area contributed by atoms with E-state index in [2.05, 4.69) is 56.3 Å². The Morgan fingerprint density at radius 1 is 1.04 bits per heavy atom. The summed E-state index contributed by atoms with van der Waals surface area (Å²) >= 11 is 0. The van der Waals surface area contributed by atoms with E-state index in [1.165, 1.54) is 30.4 Å². The van der Waals surface area contributed by atoms with Crippen LogP contribution in [0.25, 0.3) is 0 Å². The van der Waals surface area contributed by atoms with Gasteiger partial charge in [0.15, 0.2) is 0 Å². The van der Waals surface area contributed by atoms with E-state index in [-0.39, 0.29) is 5.41 Å². The molecular formula is C22H31NO. The average Bonchev–Trinajstić information content (AvgIpc) is 3.05. The molecular weight excluding hydrogens is 294 g/mol. The van der Waals surface area contributed by atoms with Gasteiger partial charge in [0, 0.05) is 11.0 Å². The van der Waals surface area contributed by atoms with E-state index in [4.69, 9.17) is 4.52 Å². The number of hydrogen-bond donors (Lipinski definition) is 0. The first-order valence-electron chi connectivity index (χ1n) is 9.50. The topological polar surface area (TPSA) is 26.0 Å². The van der Waals surface area contributed by atoms with Gasteiger partial charge < -0.3 is 4.52 Å². The summed E-state index contributed by atoms with van der Waals surface area (Å²) in [5.41, 5.74) is 3.29. The van der Waals surface area contributed by atoms with Gasteiger partial charge in [0.1, 0.15) is 5.76 Å². The lowest BCUT2D eigenvalue weighted by Crippen LogP contribution is -2.49. The third kappa shape index (κ3) is 2.70. The number of nitrogens with zero attached hydrogens (tertiary/aromatic N) is 1. The van der Waals surface area contributed by atoms with Crippen molar-refractivity contribution in [1.29, 1.82) is 0 Å². The van der Waals surface area contributed by atoms with Crippen molar-refractivity contribution in [3.63, 3.8) is 0 Å². The summed E-state index contributed by atoms with van der Waals surface area (Å²) in [4.78, 5) is 0. The van der Waals surface area contributed by atoms with Gasteiger partial charge in [-0.2, -0.15) is 0 Å². The second kappa shape index (κ2) is 6.38. The van der Waals surface area contributed by atoms with Gasteiger partial charge in [-0.05, 0) is 48.5 Å². The molecule has 4 rings (SSSR count). The highest BCUT2D eigenvalue weighted by Crippen LogP contribution is 2.59. The van der Waals surface area contributed by atoms with Gasteiger partial charge in [0.25, 0.3) is 0 Å². The first-order valence-corrected chi connectivity index (χ1v) is 9.50. The van der Waals surface area contributed by atoms with Crippen molar-refractivity contribution >= 4 is 0 Å². The summed E-state index contributed by atoms with van der Waals surface area (Å²) in [7, 11) is 0. The van der Waals surface area contributed by atoms with Crippen LogP contribution in [0.5, 0.6) is 0 Å². The molecule has 0 saturated heterocycles. The molecule has 0 spiro atoms. The van der Waals surface area contributed by atoms with E-state index in [0.29, 0.717) is 17.3 Å². The van der Waals surface area contributed by atoms with Crippen LogP contribution in [0.2, 0.25) is 0 Å². The minimum Gasteiger partial charge on any atom is -0.361 e. The largest absolute Gasteiger partial charge is 0.361 e. The molecule has 2 aliphatic carbocycles. The number of hydrogen-bond acceptors (Lipinski definition) is 2. The molecule has 0 radical (unpaired) electrons. The molecule has 1 fully saturated rings. The minimum absolute atomic E-state index is 0.0977. The molecule has 1 heterocycles. The number of rotatable bonds is 1. The Kier molecular flexibility index (Phi) is 4.59. The number of benzene rings is 1. The minimum atomic E-state index is 0.0977. The van der Waals surface area contributed by atoms with Crippen molar-refractivity contribution in [1.82, 2.24) is 5.16 Å². The Morgan fingerprint density at radius 2 is 1.75 bits per heavy atom. The molecule has 2 aliphatic rings. The molecule has 0 bridgehead atoms. The van der Waals surface area contributed by atoms with Crippen LogP contribution in [0.1, 0.15) is 76.7 Å². The SMILES string of the molecule is CC.CC12Cc3cnoc3C(C)(C)C1CCC(c1ccccc1)C2. The number of fused-ring (bicyclic) bond motifs is 2. The summed E-state index contributed by atoms with van der Waals surface area (Å²) in [6.45, 7) is 11.2. The summed E-state index contributed by atoms with van der Waals surface area (Å²) in [6.07, 6.45) is 6.91. The maximum absolute atomic E-state index is 5.63. The maximum atomic E-state index is 5.63. The monoisotopic (exact) mass is 325 g/mol. The van der Waals surface area contributed by atoms with Gasteiger partial charge in [-0.15, -0.1) is 0 Å². The molecule has 0 aliphatic heterocycles. The van der Waals surface area contributed by atoms with Gasteiger partial charge in [0.2, 0.25) is 0 Å². The van der Waals surface area contributed by atoms with E-state index in [9.17, 15) is 0 Å². The zero-order valence-corrected chi connectivity index (χ0v) is 15.8. The lowest BCUT2D eigenvalue weighted by molar-refractivity contribution is 0.0190. The molecule has 1 aromatic heterocycles. The first kappa shape index (κ1) is 17.3. The molecule has 3 unspecified atom stereocenters. The molecule has 0 amide bonds. The van der Waals surface area contributed by atoms with E-state index in [1.807, 2.05) is 20.0 Å². The van der Waals surface area contributed by atoms with Gasteiger partial charge in [-0.1, -0.05) is 70.1 Å². The average molecular weight is 325 g/mol. The van der Waals surface area contributed by atoms with Crippen molar-refractivity contribution in [2.75, 3.05) is 0 Å². The van der Waals surface area contributed by atoms with Crippen molar-refractivity contribution in [2.24, 2.45) is 11.3 Å². The van der Waals surface area contributed by atoms with Crippen molar-refractivity contribution in [3.8, 4) is 0 Å². The molecule has 1 aromatic carbocycles. The lowest BCUT2D eigenvalue weighted by Gasteiger charge is -2.54. The Morgan fingerprint density at radius 3 is 2.46 bits per heavy atom. The quantitative estimate of drug-likeness (QED) is 0.631. The second-order valence-electron chi connectivity index (χ2n) is 8.17. The maximum Gasteiger partial charge on any atom is 0.145 e. The van der Waals surface area contributed by atoms with Crippen LogP contribution in [0.3, 0.4) is 0 Å². The number of aromatic nitrogens is 1. The molecule has 3 atom stereocenters. The molecule has 2 aromatic rings. The van der Waals surface area contributed by atoms with E-state index in [1.54, 1.807) is 0 Å². The van der Waals surface area contributed by atoms with Crippen LogP contribution in [0.4, 0.5) is 0 Å². The normalized spacial score (nSPS) is 30.5. The molecule has 130 valence electrons. The zero-order chi connectivity index (χ0) is 17.4. The fourth-order valence-electron chi connectivity index (χ4n) is 5.47. The fourth-order valence-corrected chi connectivity index (χ4v) is 5.47. The van der Waals surface area contributed by atoms with Crippen LogP contribution in [-0.2, 0) is 11.8 Å². The zero-order valence-electron chi connectivity index (χ0n) is 15.8. The summed E-state index contributed by atoms with van der Waals surface area (Å²) in [5, 5.41) is 4.09. The highest BCUT2D eigenvalue weighted by molar-refractivity contribution is 5.31. The third-order valence-corrected chi connectivity index (χ3v) is 6.32. The predicted molar refractivity (Wildman–Crippen MR) is 99.2 cm³/mol. The fraction of sp³-hybridized carbons (Fsp3) is 0.591. The van der Waals surface area contributed by atoms with E-state index in [0.717, 1.165) is 12.2 Å². The highest BCUT2D eigenvalue weighted by Gasteiger charge is 2.53. The molecule has 2 nitrogen and oxygen atoms in total. The summed E-state index contributed by atoms with van der Waals surface area (Å²) in [6, 6.07) is 11.1. The van der Waals surface area contributed by atoms with Crippen molar-refractivity contribution in [3.05, 3.63) is 53.4 Å². The Balaban J connectivity index is 0.000000815. The highest BCUT2D eigenvalue weighted by atomic mass is 16.5. The van der Waals surface area contributed by atoms with Gasteiger partial charge in [-0.25, -0.2) is 0 Å². The van der Waals surface area contributed by atoms with Crippen LogP contribution in [0.15, 0.2) is 41.1 Å². The van der Waals surface area contributed by atoms with Gasteiger partial charge >= 0.3 is 0 Å². The smallest absolute Gasteiger partial charge is 0.145 e. The lowest BCUT2D eigenvalue weighted by atomic mass is 9.50. The van der Waals surface area contributed by atoms with Crippen LogP contribution in [0, 0.1) is 11.3 Å². The Bertz CT molecular complexity index is 672. The van der Waals surface area contributed by atoms with Gasteiger partial charge in [-0.3, -0.25) is 0 Å². The standard InChI is InChI=1S/C20H25NO.C2H6/c1-19(2)17-10-9-15(14-7-5-4-6-8-14)11-20(17,3)12-16-13-21-22-18(16)19;1-2/h4-8,13,15,17H,9-12H2,1-3H3;1-2H3. The Hall–Kier alpha value is -1.57. The third-order valence-electron chi connectivity index (χ3n) is 6.32. The molecule has 2 heteroatoms. The van der Waals surface area contributed by atoms with Crippen LogP contribution in [-0.4, -0.2) is 5.16 Å². The Labute approximate surface area is 146 Å². The van der Waals surface area contributed by atoms with E-state index < -0.39 is 0 Å². The van der Waals surface area contributed by atoms with Crippen molar-refractivity contribution < 1.29 is 4.52 Å². The first-order chi connectivity index (χ1) is 11.5. The van der Waals surface area contributed by atoms with Gasteiger partial charge in [0.05, 0.1) is 6.20 Å². The predicted octanol–water partition coefficient (Wildman–Crippen LogP) is 6.12. The molecule has 24 heavy (non-hydrogen) atoms. The van der Waals surface area contributed by atoms with Crippen molar-refractivity contribution in [2.45, 2.75) is 71.6 Å². The molecule has 0 N–H and O–H groups in total. The second-order valence-corrected chi connectivity index (χ2v) is 8.17. The van der Waals surface area contributed by atoms with Crippen LogP contribution >= 0.6 is 0 Å². The van der Waals surface area contributed by atoms with E-state index >= 15 is 0 Å². The van der Waals surface area contributed by atoms with Crippen LogP contribution < -0.4 is 0 Å². The summed E-state index contributed by atoms with van der Waals surface area (Å²) in [5.74, 6) is 2.51. The molecule has 1 saturated carbocycles.